The predicted molar refractivity (Wildman–Crippen MR) is 60.0 cm³/mol. The molecule has 0 aliphatic carbocycles. The van der Waals surface area contributed by atoms with Crippen LogP contribution in [0.25, 0.3) is 0 Å². The van der Waals surface area contributed by atoms with Crippen LogP contribution < -0.4 is 10.5 Å². The molecule has 0 fully saturated rings. The topological polar surface area (TPSA) is 57.4 Å². The van der Waals surface area contributed by atoms with Gasteiger partial charge in [0, 0.05) is 5.56 Å². The number of anilines is 1. The molecule has 0 spiro atoms. The summed E-state index contributed by atoms with van der Waals surface area (Å²) in [6.45, 7) is 6.99. The molecule has 1 rings (SSSR count). The van der Waals surface area contributed by atoms with Gasteiger partial charge in [-0.05, 0) is 26.8 Å². The Hall–Kier alpha value is -1.29. The molecule has 0 bridgehead atoms. The van der Waals surface area contributed by atoms with Crippen molar-refractivity contribution in [2.24, 2.45) is 0 Å². The van der Waals surface area contributed by atoms with Crippen LogP contribution in [-0.4, -0.2) is 24.3 Å². The van der Waals surface area contributed by atoms with Gasteiger partial charge in [0.25, 0.3) is 0 Å². The van der Waals surface area contributed by atoms with E-state index >= 15 is 0 Å². The summed E-state index contributed by atoms with van der Waals surface area (Å²) in [4.78, 5) is 4.09. The summed E-state index contributed by atoms with van der Waals surface area (Å²) in [5.74, 6) is 0.622. The number of nitrogens with two attached hydrogens (primary N) is 1. The van der Waals surface area contributed by atoms with Gasteiger partial charge >= 0.3 is 0 Å². The highest BCUT2D eigenvalue weighted by atomic mass is 16.5. The molecule has 0 saturated carbocycles. The third kappa shape index (κ3) is 4.16. The molecule has 1 aromatic rings. The van der Waals surface area contributed by atoms with Crippen molar-refractivity contribution in [3.63, 3.8) is 0 Å². The first-order chi connectivity index (χ1) is 7.09. The van der Waals surface area contributed by atoms with Gasteiger partial charge in [0.15, 0.2) is 0 Å². The number of nitrogen functional groups attached to an aromatic ring is 1. The normalized spacial score (nSPS) is 10.7. The van der Waals surface area contributed by atoms with Crippen LogP contribution >= 0.6 is 0 Å². The molecule has 4 nitrogen and oxygen atoms in total. The van der Waals surface area contributed by atoms with Gasteiger partial charge in [0.1, 0.15) is 6.61 Å². The van der Waals surface area contributed by atoms with Gasteiger partial charge in [-0.3, -0.25) is 0 Å². The summed E-state index contributed by atoms with van der Waals surface area (Å²) in [6, 6.07) is 1.84. The first kappa shape index (κ1) is 11.8. The summed E-state index contributed by atoms with van der Waals surface area (Å²) in [5.41, 5.74) is 7.17. The molecule has 84 valence electrons. The monoisotopic (exact) mass is 210 g/mol. The molecule has 2 N–H and O–H groups in total. The Morgan fingerprint density at radius 3 is 2.73 bits per heavy atom. The molecule has 0 amide bonds. The fourth-order valence-corrected chi connectivity index (χ4v) is 1.16. The zero-order chi connectivity index (χ0) is 11.3. The number of aryl methyl sites for hydroxylation is 1. The van der Waals surface area contributed by atoms with E-state index in [1.807, 2.05) is 26.8 Å². The van der Waals surface area contributed by atoms with Crippen LogP contribution in [-0.2, 0) is 4.74 Å². The van der Waals surface area contributed by atoms with E-state index in [4.69, 9.17) is 15.2 Å². The maximum atomic E-state index is 5.58. The summed E-state index contributed by atoms with van der Waals surface area (Å²) >= 11 is 0. The number of ether oxygens (including phenoxy) is 2. The van der Waals surface area contributed by atoms with Gasteiger partial charge in [-0.1, -0.05) is 0 Å². The predicted octanol–water partition coefficient (Wildman–Crippen LogP) is 1.78. The van der Waals surface area contributed by atoms with Gasteiger partial charge in [-0.25, -0.2) is 4.98 Å². The van der Waals surface area contributed by atoms with Crippen LogP contribution in [0.1, 0.15) is 19.4 Å². The van der Waals surface area contributed by atoms with E-state index in [0.29, 0.717) is 24.8 Å². The zero-order valence-electron chi connectivity index (χ0n) is 9.49. The smallest absolute Gasteiger partial charge is 0.216 e. The molecule has 15 heavy (non-hydrogen) atoms. The van der Waals surface area contributed by atoms with E-state index in [1.165, 1.54) is 0 Å². The van der Waals surface area contributed by atoms with E-state index in [1.54, 1.807) is 6.20 Å². The fourth-order valence-electron chi connectivity index (χ4n) is 1.16. The molecule has 0 unspecified atom stereocenters. The standard InChI is InChI=1S/C11H18N2O2/c1-8(2)14-4-5-15-11-9(3)6-10(12)7-13-11/h6-8H,4-5,12H2,1-3H3. The van der Waals surface area contributed by atoms with Crippen LogP contribution in [0.3, 0.4) is 0 Å². The Balaban J connectivity index is 2.37. The Labute approximate surface area is 90.4 Å². The lowest BCUT2D eigenvalue weighted by Gasteiger charge is -2.10. The third-order valence-corrected chi connectivity index (χ3v) is 1.82. The largest absolute Gasteiger partial charge is 0.475 e. The van der Waals surface area contributed by atoms with E-state index in [2.05, 4.69) is 4.98 Å². The van der Waals surface area contributed by atoms with E-state index in [9.17, 15) is 0 Å². The molecular weight excluding hydrogens is 192 g/mol. The van der Waals surface area contributed by atoms with E-state index < -0.39 is 0 Å². The summed E-state index contributed by atoms with van der Waals surface area (Å²) in [5, 5.41) is 0. The molecule has 0 aliphatic heterocycles. The number of aromatic nitrogens is 1. The molecular formula is C11H18N2O2. The fraction of sp³-hybridized carbons (Fsp3) is 0.545. The second-order valence-corrected chi connectivity index (χ2v) is 3.66. The molecule has 1 aromatic heterocycles. The summed E-state index contributed by atoms with van der Waals surface area (Å²) < 4.78 is 10.8. The number of rotatable bonds is 5. The number of nitrogens with zero attached hydrogens (tertiary/aromatic N) is 1. The van der Waals surface area contributed by atoms with Gasteiger partial charge in [-0.15, -0.1) is 0 Å². The maximum absolute atomic E-state index is 5.58. The summed E-state index contributed by atoms with van der Waals surface area (Å²) in [6.07, 6.45) is 1.82. The first-order valence-corrected chi connectivity index (χ1v) is 5.06. The SMILES string of the molecule is Cc1cc(N)cnc1OCCOC(C)C. The first-order valence-electron chi connectivity index (χ1n) is 5.06. The number of hydrogen-bond acceptors (Lipinski definition) is 4. The lowest BCUT2D eigenvalue weighted by molar-refractivity contribution is 0.0541. The second kappa shape index (κ2) is 5.56. The molecule has 0 atom stereocenters. The van der Waals surface area contributed by atoms with Crippen molar-refractivity contribution in [3.8, 4) is 5.88 Å². The van der Waals surface area contributed by atoms with Crippen LogP contribution in [0.4, 0.5) is 5.69 Å². The minimum absolute atomic E-state index is 0.231. The summed E-state index contributed by atoms with van der Waals surface area (Å²) in [7, 11) is 0. The van der Waals surface area contributed by atoms with Crippen LogP contribution in [0.5, 0.6) is 5.88 Å². The lowest BCUT2D eigenvalue weighted by Crippen LogP contribution is -2.12. The van der Waals surface area contributed by atoms with Gasteiger partial charge in [0.05, 0.1) is 24.6 Å². The molecule has 0 aromatic carbocycles. The minimum atomic E-state index is 0.231. The second-order valence-electron chi connectivity index (χ2n) is 3.66. The molecule has 0 saturated heterocycles. The lowest BCUT2D eigenvalue weighted by atomic mass is 10.3. The average molecular weight is 210 g/mol. The van der Waals surface area contributed by atoms with Gasteiger partial charge in [0.2, 0.25) is 5.88 Å². The zero-order valence-corrected chi connectivity index (χ0v) is 9.49. The highest BCUT2D eigenvalue weighted by Crippen LogP contribution is 2.15. The quantitative estimate of drug-likeness (QED) is 0.752. The van der Waals surface area contributed by atoms with Crippen molar-refractivity contribution in [2.45, 2.75) is 26.9 Å². The number of pyridine rings is 1. The Bertz CT molecular complexity index is 313. The van der Waals surface area contributed by atoms with Gasteiger partial charge in [-0.2, -0.15) is 0 Å². The van der Waals surface area contributed by atoms with Crippen LogP contribution in [0, 0.1) is 6.92 Å². The van der Waals surface area contributed by atoms with Crippen molar-refractivity contribution >= 4 is 5.69 Å². The van der Waals surface area contributed by atoms with Crippen LogP contribution in [0.15, 0.2) is 12.3 Å². The van der Waals surface area contributed by atoms with Crippen molar-refractivity contribution in [2.75, 3.05) is 18.9 Å². The van der Waals surface area contributed by atoms with Gasteiger partial charge < -0.3 is 15.2 Å². The minimum Gasteiger partial charge on any atom is -0.475 e. The molecule has 1 heterocycles. The highest BCUT2D eigenvalue weighted by molar-refractivity contribution is 5.41. The van der Waals surface area contributed by atoms with Crippen molar-refractivity contribution in [1.82, 2.24) is 4.98 Å². The molecule has 4 heteroatoms. The van der Waals surface area contributed by atoms with Crippen LogP contribution in [0.2, 0.25) is 0 Å². The Kier molecular flexibility index (Phi) is 4.37. The number of hydrogen-bond donors (Lipinski definition) is 1. The van der Waals surface area contributed by atoms with Crippen molar-refractivity contribution in [1.29, 1.82) is 0 Å². The average Bonchev–Trinajstić information content (AvgIpc) is 2.14. The Morgan fingerprint density at radius 1 is 1.40 bits per heavy atom. The molecule has 0 aliphatic rings. The maximum Gasteiger partial charge on any atom is 0.216 e. The van der Waals surface area contributed by atoms with Crippen molar-refractivity contribution in [3.05, 3.63) is 17.8 Å². The van der Waals surface area contributed by atoms with Crippen molar-refractivity contribution < 1.29 is 9.47 Å². The van der Waals surface area contributed by atoms with E-state index in [0.717, 1.165) is 5.56 Å². The Morgan fingerprint density at radius 2 is 2.13 bits per heavy atom. The third-order valence-electron chi connectivity index (χ3n) is 1.82. The highest BCUT2D eigenvalue weighted by Gasteiger charge is 2.01. The molecule has 0 radical (unpaired) electrons. The van der Waals surface area contributed by atoms with E-state index in [-0.39, 0.29) is 6.10 Å².